The molecule has 0 N–H and O–H groups in total. The molecule has 1 aliphatic rings. The summed E-state index contributed by atoms with van der Waals surface area (Å²) in [6, 6.07) is 3.52. The second-order valence-corrected chi connectivity index (χ2v) is 6.21. The van der Waals surface area contributed by atoms with Gasteiger partial charge in [-0.15, -0.1) is 0 Å². The van der Waals surface area contributed by atoms with Crippen molar-refractivity contribution in [3.63, 3.8) is 0 Å². The van der Waals surface area contributed by atoms with Crippen LogP contribution in [-0.4, -0.2) is 15.7 Å². The van der Waals surface area contributed by atoms with Crippen molar-refractivity contribution in [2.24, 2.45) is 13.0 Å². The topological polar surface area (TPSA) is 44.1 Å². The van der Waals surface area contributed by atoms with Gasteiger partial charge in [0.05, 0.1) is 16.2 Å². The van der Waals surface area contributed by atoms with E-state index in [-0.39, 0.29) is 11.9 Å². The smallest absolute Gasteiger partial charge is 0.334 e. The van der Waals surface area contributed by atoms with E-state index in [1.165, 1.54) is 0 Å². The van der Waals surface area contributed by atoms with Crippen molar-refractivity contribution in [3.8, 4) is 11.1 Å². The number of aryl methyl sites for hydroxylation is 1. The van der Waals surface area contributed by atoms with Crippen molar-refractivity contribution < 1.29 is 9.53 Å². The van der Waals surface area contributed by atoms with Crippen molar-refractivity contribution in [3.05, 3.63) is 52.3 Å². The molecule has 22 heavy (non-hydrogen) atoms. The second kappa shape index (κ2) is 5.45. The standard InChI is InChI=1S/C16H14Cl2N2O2/c1-8-9(2)16(21)22-15(8)12-5-14(18)13(17)4-11(12)10-6-19-20(3)7-10/h4-8,15H,2H2,1,3H3/t8-,15+/m0/s1. The minimum absolute atomic E-state index is 0.125. The normalized spacial score (nSPS) is 21.3. The molecule has 2 heterocycles. The molecule has 1 fully saturated rings. The van der Waals surface area contributed by atoms with Crippen molar-refractivity contribution in [2.45, 2.75) is 13.0 Å². The molecular formula is C16H14Cl2N2O2. The zero-order valence-electron chi connectivity index (χ0n) is 12.1. The van der Waals surface area contributed by atoms with Crippen LogP contribution < -0.4 is 0 Å². The second-order valence-electron chi connectivity index (χ2n) is 5.40. The van der Waals surface area contributed by atoms with Gasteiger partial charge in [0.25, 0.3) is 0 Å². The summed E-state index contributed by atoms with van der Waals surface area (Å²) in [6.07, 6.45) is 3.18. The first-order valence-electron chi connectivity index (χ1n) is 6.76. The summed E-state index contributed by atoms with van der Waals surface area (Å²) in [4.78, 5) is 11.8. The van der Waals surface area contributed by atoms with Gasteiger partial charge in [-0.3, -0.25) is 4.68 Å². The predicted octanol–water partition coefficient (Wildman–Crippen LogP) is 4.18. The highest BCUT2D eigenvalue weighted by Gasteiger charge is 2.38. The fourth-order valence-corrected chi connectivity index (χ4v) is 2.94. The first kappa shape index (κ1) is 15.1. The predicted molar refractivity (Wildman–Crippen MR) is 85.8 cm³/mol. The van der Waals surface area contributed by atoms with E-state index in [2.05, 4.69) is 11.7 Å². The van der Waals surface area contributed by atoms with Crippen molar-refractivity contribution >= 4 is 29.2 Å². The lowest BCUT2D eigenvalue weighted by Gasteiger charge is -2.18. The largest absolute Gasteiger partial charge is 0.453 e. The Kier molecular flexibility index (Phi) is 3.75. The van der Waals surface area contributed by atoms with Crippen LogP contribution in [0.2, 0.25) is 10.0 Å². The summed E-state index contributed by atoms with van der Waals surface area (Å²) in [6.45, 7) is 5.70. The third-order valence-electron chi connectivity index (χ3n) is 3.91. The van der Waals surface area contributed by atoms with Crippen LogP contribution in [0, 0.1) is 5.92 Å². The fourth-order valence-electron chi connectivity index (χ4n) is 2.60. The van der Waals surface area contributed by atoms with Crippen LogP contribution >= 0.6 is 23.2 Å². The van der Waals surface area contributed by atoms with Gasteiger partial charge >= 0.3 is 5.97 Å². The van der Waals surface area contributed by atoms with Gasteiger partial charge in [-0.2, -0.15) is 5.10 Å². The van der Waals surface area contributed by atoms with Gasteiger partial charge in [0.15, 0.2) is 0 Å². The SMILES string of the molecule is C=C1C(=O)O[C@@H](c2cc(Cl)c(Cl)cc2-c2cnn(C)c2)[C@H]1C. The molecule has 0 unspecified atom stereocenters. The number of benzene rings is 1. The Morgan fingerprint density at radius 3 is 2.55 bits per heavy atom. The summed E-state index contributed by atoms with van der Waals surface area (Å²) >= 11 is 12.3. The Bertz CT molecular complexity index is 782. The monoisotopic (exact) mass is 336 g/mol. The number of ether oxygens (including phenoxy) is 1. The molecule has 2 aromatic rings. The Hall–Kier alpha value is -1.78. The molecule has 0 spiro atoms. The van der Waals surface area contributed by atoms with E-state index in [4.69, 9.17) is 27.9 Å². The first-order valence-corrected chi connectivity index (χ1v) is 7.52. The van der Waals surface area contributed by atoms with Crippen molar-refractivity contribution in [2.75, 3.05) is 0 Å². The van der Waals surface area contributed by atoms with Crippen LogP contribution in [0.5, 0.6) is 0 Å². The molecule has 4 nitrogen and oxygen atoms in total. The Balaban J connectivity index is 2.16. The lowest BCUT2D eigenvalue weighted by Crippen LogP contribution is -2.06. The zero-order chi connectivity index (χ0) is 16.0. The maximum Gasteiger partial charge on any atom is 0.334 e. The molecule has 6 heteroatoms. The molecule has 0 radical (unpaired) electrons. The molecule has 0 amide bonds. The van der Waals surface area contributed by atoms with Gasteiger partial charge in [-0.05, 0) is 17.7 Å². The number of rotatable bonds is 2. The molecule has 1 saturated heterocycles. The van der Waals surface area contributed by atoms with Crippen LogP contribution in [0.1, 0.15) is 18.6 Å². The number of hydrogen-bond donors (Lipinski definition) is 0. The van der Waals surface area contributed by atoms with E-state index in [0.717, 1.165) is 16.7 Å². The lowest BCUT2D eigenvalue weighted by molar-refractivity contribution is -0.139. The van der Waals surface area contributed by atoms with E-state index < -0.39 is 6.10 Å². The average molecular weight is 337 g/mol. The molecule has 0 saturated carbocycles. The molecule has 2 atom stereocenters. The number of aromatic nitrogens is 2. The molecule has 1 aromatic carbocycles. The minimum atomic E-state index is -0.426. The number of carbonyl (C=O) groups excluding carboxylic acids is 1. The summed E-state index contributed by atoms with van der Waals surface area (Å²) in [5, 5.41) is 5.04. The van der Waals surface area contributed by atoms with Crippen LogP contribution in [-0.2, 0) is 16.6 Å². The molecule has 3 rings (SSSR count). The number of cyclic esters (lactones) is 1. The van der Waals surface area contributed by atoms with Gasteiger partial charge in [0.1, 0.15) is 6.10 Å². The summed E-state index contributed by atoms with van der Waals surface area (Å²) in [5.74, 6) is -0.499. The van der Waals surface area contributed by atoms with E-state index in [1.807, 2.05) is 20.2 Å². The number of hydrogen-bond acceptors (Lipinski definition) is 3. The van der Waals surface area contributed by atoms with E-state index >= 15 is 0 Å². The fraction of sp³-hybridized carbons (Fsp3) is 0.250. The van der Waals surface area contributed by atoms with Gasteiger partial charge in [0, 0.05) is 35.9 Å². The Labute approximate surface area is 138 Å². The van der Waals surface area contributed by atoms with Gasteiger partial charge in [-0.25, -0.2) is 4.79 Å². The van der Waals surface area contributed by atoms with Crippen LogP contribution in [0.4, 0.5) is 0 Å². The lowest BCUT2D eigenvalue weighted by atomic mass is 9.89. The van der Waals surface area contributed by atoms with Crippen molar-refractivity contribution in [1.82, 2.24) is 9.78 Å². The summed E-state index contributed by atoms with van der Waals surface area (Å²) in [7, 11) is 1.83. The molecule has 0 bridgehead atoms. The number of nitrogens with zero attached hydrogens (tertiary/aromatic N) is 2. The molecule has 0 aliphatic carbocycles. The number of esters is 1. The van der Waals surface area contributed by atoms with Crippen LogP contribution in [0.3, 0.4) is 0 Å². The molecular weight excluding hydrogens is 323 g/mol. The molecule has 114 valence electrons. The quantitative estimate of drug-likeness (QED) is 0.610. The third-order valence-corrected chi connectivity index (χ3v) is 4.64. The third kappa shape index (κ3) is 2.42. The Morgan fingerprint density at radius 2 is 2.00 bits per heavy atom. The Morgan fingerprint density at radius 1 is 1.32 bits per heavy atom. The highest BCUT2D eigenvalue weighted by Crippen LogP contribution is 2.44. The maximum absolute atomic E-state index is 11.8. The van der Waals surface area contributed by atoms with E-state index in [9.17, 15) is 4.79 Å². The average Bonchev–Trinajstić information content (AvgIpc) is 3.01. The molecule has 1 aromatic heterocycles. The van der Waals surface area contributed by atoms with Crippen molar-refractivity contribution in [1.29, 1.82) is 0 Å². The van der Waals surface area contributed by atoms with E-state index in [1.54, 1.807) is 23.0 Å². The zero-order valence-corrected chi connectivity index (χ0v) is 13.6. The summed E-state index contributed by atoms with van der Waals surface area (Å²) < 4.78 is 7.17. The van der Waals surface area contributed by atoms with Crippen LogP contribution in [0.25, 0.3) is 11.1 Å². The minimum Gasteiger partial charge on any atom is -0.453 e. The number of halogens is 2. The van der Waals surface area contributed by atoms with Gasteiger partial charge in [0.2, 0.25) is 0 Å². The maximum atomic E-state index is 11.8. The van der Waals surface area contributed by atoms with Crippen LogP contribution in [0.15, 0.2) is 36.7 Å². The van der Waals surface area contributed by atoms with E-state index in [0.29, 0.717) is 15.6 Å². The van der Waals surface area contributed by atoms with Gasteiger partial charge in [-0.1, -0.05) is 36.7 Å². The van der Waals surface area contributed by atoms with Gasteiger partial charge < -0.3 is 4.74 Å². The molecule has 1 aliphatic heterocycles. The highest BCUT2D eigenvalue weighted by atomic mass is 35.5. The highest BCUT2D eigenvalue weighted by molar-refractivity contribution is 6.42. The number of carbonyl (C=O) groups is 1. The first-order chi connectivity index (χ1) is 10.4. The summed E-state index contributed by atoms with van der Waals surface area (Å²) in [5.41, 5.74) is 3.01.